The minimum atomic E-state index is -0.904. The summed E-state index contributed by atoms with van der Waals surface area (Å²) < 4.78 is 0. The van der Waals surface area contributed by atoms with Gasteiger partial charge < -0.3 is 15.3 Å². The second kappa shape index (κ2) is 9.08. The summed E-state index contributed by atoms with van der Waals surface area (Å²) in [6.07, 6.45) is 1.75. The number of carboxylic acid groups (broad SMARTS) is 1. The topological polar surface area (TPSA) is 72.9 Å². The molecular weight excluding hydrogens is 414 g/mol. The number of para-hydroxylation sites is 1. The molecule has 1 unspecified atom stereocenters. The van der Waals surface area contributed by atoms with Crippen LogP contribution in [0.15, 0.2) is 78.9 Å². The smallest absolute Gasteiger partial charge is 0.335 e. The van der Waals surface area contributed by atoms with Gasteiger partial charge in [-0.1, -0.05) is 60.7 Å². The molecule has 0 aliphatic carbocycles. The number of amides is 2. The summed E-state index contributed by atoms with van der Waals surface area (Å²) in [6, 6.07) is 25.4. The molecule has 6 heteroatoms. The molecule has 0 saturated carbocycles. The Morgan fingerprint density at radius 3 is 2.42 bits per heavy atom. The number of aromatic carboxylic acids is 1. The van der Waals surface area contributed by atoms with Crippen molar-refractivity contribution in [2.45, 2.75) is 31.5 Å². The average molecular weight is 442 g/mol. The number of piperidine rings is 1. The van der Waals surface area contributed by atoms with Crippen molar-refractivity contribution < 1.29 is 14.7 Å². The van der Waals surface area contributed by atoms with Crippen molar-refractivity contribution in [1.29, 1.82) is 0 Å². The normalized spacial score (nSPS) is 19.1. The summed E-state index contributed by atoms with van der Waals surface area (Å²) in [4.78, 5) is 28.9. The number of carbonyl (C=O) groups is 2. The molecule has 168 valence electrons. The van der Waals surface area contributed by atoms with Crippen LogP contribution in [0.2, 0.25) is 0 Å². The summed E-state index contributed by atoms with van der Waals surface area (Å²) in [5.74, 6) is -0.904. The first-order chi connectivity index (χ1) is 16.1. The van der Waals surface area contributed by atoms with E-state index < -0.39 is 5.97 Å². The molecule has 3 aromatic rings. The number of likely N-dealkylation sites (tertiary alicyclic amines) is 1. The molecule has 2 heterocycles. The number of rotatable bonds is 5. The van der Waals surface area contributed by atoms with E-state index in [0.29, 0.717) is 12.1 Å². The number of carbonyl (C=O) groups excluding carboxylic acids is 1. The van der Waals surface area contributed by atoms with Gasteiger partial charge >= 0.3 is 12.0 Å². The summed E-state index contributed by atoms with van der Waals surface area (Å²) >= 11 is 0. The Kier molecular flexibility index (Phi) is 5.84. The maximum atomic E-state index is 13.3. The highest BCUT2D eigenvalue weighted by Crippen LogP contribution is 2.40. The lowest BCUT2D eigenvalue weighted by molar-refractivity contribution is 0.0696. The van der Waals surface area contributed by atoms with Crippen molar-refractivity contribution in [3.8, 4) is 0 Å². The van der Waals surface area contributed by atoms with Crippen LogP contribution in [-0.4, -0.2) is 46.0 Å². The molecule has 2 aliphatic heterocycles. The Morgan fingerprint density at radius 2 is 1.67 bits per heavy atom. The summed E-state index contributed by atoms with van der Waals surface area (Å²) in [7, 11) is 0. The predicted octanol–water partition coefficient (Wildman–Crippen LogP) is 4.99. The molecule has 0 bridgehead atoms. The number of anilines is 1. The summed E-state index contributed by atoms with van der Waals surface area (Å²) in [5.41, 5.74) is 4.43. The minimum Gasteiger partial charge on any atom is -0.478 e. The minimum absolute atomic E-state index is 0.0461. The standard InChI is InChI=1S/C27H27N3O3/c31-26(32)21-10-6-7-19(17-21)18-29-15-13-22(14-16-29)30-25(20-8-2-1-3-9-20)23-11-4-5-12-24(23)28-27(30)33/h1-12,17,22,25H,13-16,18H2,(H,28,33)(H,31,32). The van der Waals surface area contributed by atoms with E-state index in [-0.39, 0.29) is 18.1 Å². The van der Waals surface area contributed by atoms with Crippen molar-refractivity contribution in [1.82, 2.24) is 9.80 Å². The second-order valence-corrected chi connectivity index (χ2v) is 8.75. The molecule has 0 spiro atoms. The SMILES string of the molecule is O=C(O)c1cccc(CN2CCC(N3C(=O)Nc4ccccc4C3c3ccccc3)CC2)c1. The highest BCUT2D eigenvalue weighted by Gasteiger charge is 2.39. The fraction of sp³-hybridized carbons (Fsp3) is 0.259. The van der Waals surface area contributed by atoms with Crippen LogP contribution in [-0.2, 0) is 6.54 Å². The molecule has 2 N–H and O–H groups in total. The Balaban J connectivity index is 1.34. The van der Waals surface area contributed by atoms with Crippen molar-refractivity contribution >= 4 is 17.7 Å². The lowest BCUT2D eigenvalue weighted by atomic mass is 9.90. The van der Waals surface area contributed by atoms with Gasteiger partial charge in [-0.3, -0.25) is 4.90 Å². The average Bonchev–Trinajstić information content (AvgIpc) is 2.84. The Morgan fingerprint density at radius 1 is 0.939 bits per heavy atom. The van der Waals surface area contributed by atoms with E-state index in [1.54, 1.807) is 18.2 Å². The fourth-order valence-corrected chi connectivity index (χ4v) is 5.06. The summed E-state index contributed by atoms with van der Waals surface area (Å²) in [5, 5.41) is 12.3. The van der Waals surface area contributed by atoms with Gasteiger partial charge in [0.1, 0.15) is 0 Å². The fourth-order valence-electron chi connectivity index (χ4n) is 5.06. The van der Waals surface area contributed by atoms with E-state index in [9.17, 15) is 14.7 Å². The second-order valence-electron chi connectivity index (χ2n) is 8.75. The number of carboxylic acids is 1. The van der Waals surface area contributed by atoms with Crippen LogP contribution >= 0.6 is 0 Å². The highest BCUT2D eigenvalue weighted by molar-refractivity contribution is 5.94. The molecule has 2 aliphatic rings. The molecule has 0 radical (unpaired) electrons. The van der Waals surface area contributed by atoms with Gasteiger partial charge in [0.05, 0.1) is 11.6 Å². The van der Waals surface area contributed by atoms with Crippen molar-refractivity contribution in [3.63, 3.8) is 0 Å². The molecule has 33 heavy (non-hydrogen) atoms. The van der Waals surface area contributed by atoms with E-state index in [1.165, 1.54) is 0 Å². The zero-order chi connectivity index (χ0) is 22.8. The zero-order valence-electron chi connectivity index (χ0n) is 18.4. The highest BCUT2D eigenvalue weighted by atomic mass is 16.4. The molecule has 3 aromatic carbocycles. The molecule has 0 aromatic heterocycles. The van der Waals surface area contributed by atoms with E-state index >= 15 is 0 Å². The number of nitrogens with zero attached hydrogens (tertiary/aromatic N) is 2. The van der Waals surface area contributed by atoms with Crippen LogP contribution < -0.4 is 5.32 Å². The number of urea groups is 1. The predicted molar refractivity (Wildman–Crippen MR) is 127 cm³/mol. The van der Waals surface area contributed by atoms with Gasteiger partial charge in [-0.25, -0.2) is 9.59 Å². The van der Waals surface area contributed by atoms with Gasteiger partial charge in [0.15, 0.2) is 0 Å². The van der Waals surface area contributed by atoms with Crippen LogP contribution in [0, 0.1) is 0 Å². The van der Waals surface area contributed by atoms with Crippen molar-refractivity contribution in [3.05, 3.63) is 101 Å². The van der Waals surface area contributed by atoms with Gasteiger partial charge in [-0.05, 0) is 42.2 Å². The van der Waals surface area contributed by atoms with Gasteiger partial charge in [-0.2, -0.15) is 0 Å². The van der Waals surface area contributed by atoms with Crippen LogP contribution in [0.5, 0.6) is 0 Å². The maximum absolute atomic E-state index is 13.3. The maximum Gasteiger partial charge on any atom is 0.335 e. The zero-order valence-corrected chi connectivity index (χ0v) is 18.4. The number of nitrogens with one attached hydrogen (secondary N) is 1. The first-order valence-electron chi connectivity index (χ1n) is 11.4. The van der Waals surface area contributed by atoms with Crippen molar-refractivity contribution in [2.24, 2.45) is 0 Å². The molecule has 1 atom stereocenters. The molecule has 1 saturated heterocycles. The van der Waals surface area contributed by atoms with E-state index in [1.807, 2.05) is 47.4 Å². The number of hydrogen-bond acceptors (Lipinski definition) is 3. The van der Waals surface area contributed by atoms with Gasteiger partial charge in [0.25, 0.3) is 0 Å². The molecule has 1 fully saturated rings. The quantitative estimate of drug-likeness (QED) is 0.585. The molecular formula is C27H27N3O3. The molecule has 5 rings (SSSR count). The first kappa shape index (κ1) is 21.2. The third-order valence-corrected chi connectivity index (χ3v) is 6.66. The molecule has 2 amide bonds. The van der Waals surface area contributed by atoms with Gasteiger partial charge in [-0.15, -0.1) is 0 Å². The van der Waals surface area contributed by atoms with Gasteiger partial charge in [0.2, 0.25) is 0 Å². The van der Waals surface area contributed by atoms with E-state index in [2.05, 4.69) is 28.4 Å². The Hall–Kier alpha value is -3.64. The van der Waals surface area contributed by atoms with Crippen LogP contribution in [0.1, 0.15) is 45.9 Å². The monoisotopic (exact) mass is 441 g/mol. The lowest BCUT2D eigenvalue weighted by Crippen LogP contribution is -2.52. The molecule has 6 nitrogen and oxygen atoms in total. The largest absolute Gasteiger partial charge is 0.478 e. The third kappa shape index (κ3) is 4.34. The lowest BCUT2D eigenvalue weighted by Gasteiger charge is -2.45. The van der Waals surface area contributed by atoms with Crippen LogP contribution in [0.4, 0.5) is 10.5 Å². The Labute approximate surface area is 193 Å². The number of benzene rings is 3. The number of fused-ring (bicyclic) bond motifs is 1. The number of hydrogen-bond donors (Lipinski definition) is 2. The van der Waals surface area contributed by atoms with Crippen LogP contribution in [0.3, 0.4) is 0 Å². The first-order valence-corrected chi connectivity index (χ1v) is 11.4. The van der Waals surface area contributed by atoms with E-state index in [0.717, 1.165) is 48.3 Å². The Bertz CT molecular complexity index is 1160. The van der Waals surface area contributed by atoms with E-state index in [4.69, 9.17) is 0 Å². The summed E-state index contributed by atoms with van der Waals surface area (Å²) in [6.45, 7) is 2.43. The third-order valence-electron chi connectivity index (χ3n) is 6.66. The van der Waals surface area contributed by atoms with Gasteiger partial charge in [0, 0.05) is 36.9 Å². The van der Waals surface area contributed by atoms with Crippen LogP contribution in [0.25, 0.3) is 0 Å². The van der Waals surface area contributed by atoms with Crippen molar-refractivity contribution in [2.75, 3.05) is 18.4 Å².